The SMILES string of the molecule is COC(=O)c1ccc2c(c1)nc(N[C@@H](C)COCCCCNC(=O)OCc1ccccc1)c1ccncc12. The summed E-state index contributed by atoms with van der Waals surface area (Å²) in [5, 5.41) is 8.98. The number of rotatable bonds is 12. The van der Waals surface area contributed by atoms with Crippen LogP contribution >= 0.6 is 0 Å². The van der Waals surface area contributed by atoms with Gasteiger partial charge in [-0.15, -0.1) is 0 Å². The molecule has 2 heterocycles. The number of esters is 1. The molecule has 2 aromatic heterocycles. The Hall–Kier alpha value is -4.24. The van der Waals surface area contributed by atoms with Gasteiger partial charge in [0.2, 0.25) is 0 Å². The highest BCUT2D eigenvalue weighted by Crippen LogP contribution is 2.29. The van der Waals surface area contributed by atoms with Gasteiger partial charge in [0, 0.05) is 47.7 Å². The summed E-state index contributed by atoms with van der Waals surface area (Å²) in [4.78, 5) is 32.9. The maximum absolute atomic E-state index is 12.0. The molecule has 0 spiro atoms. The van der Waals surface area contributed by atoms with Gasteiger partial charge in [0.1, 0.15) is 12.4 Å². The molecule has 0 saturated heterocycles. The number of hydrogen-bond acceptors (Lipinski definition) is 8. The van der Waals surface area contributed by atoms with Crippen molar-refractivity contribution in [2.24, 2.45) is 0 Å². The zero-order valence-electron chi connectivity index (χ0n) is 21.6. The molecule has 0 radical (unpaired) electrons. The molecule has 38 heavy (non-hydrogen) atoms. The van der Waals surface area contributed by atoms with Crippen LogP contribution in [0.3, 0.4) is 0 Å². The first-order valence-electron chi connectivity index (χ1n) is 12.6. The minimum absolute atomic E-state index is 0.00815. The Labute approximate surface area is 221 Å². The van der Waals surface area contributed by atoms with Gasteiger partial charge in [0.25, 0.3) is 0 Å². The second-order valence-electron chi connectivity index (χ2n) is 8.92. The zero-order chi connectivity index (χ0) is 26.7. The van der Waals surface area contributed by atoms with Gasteiger partial charge in [0.05, 0.1) is 24.8 Å². The van der Waals surface area contributed by atoms with E-state index in [-0.39, 0.29) is 12.6 Å². The lowest BCUT2D eigenvalue weighted by Gasteiger charge is -2.17. The topological polar surface area (TPSA) is 112 Å². The molecule has 2 N–H and O–H groups in total. The third-order valence-electron chi connectivity index (χ3n) is 5.97. The van der Waals surface area contributed by atoms with E-state index in [2.05, 4.69) is 15.6 Å². The molecule has 198 valence electrons. The minimum atomic E-state index is -0.420. The molecule has 1 atom stereocenters. The Kier molecular flexibility index (Phi) is 9.42. The lowest BCUT2D eigenvalue weighted by atomic mass is 10.1. The monoisotopic (exact) mass is 516 g/mol. The molecular formula is C29H32N4O5. The van der Waals surface area contributed by atoms with Gasteiger partial charge in [-0.1, -0.05) is 36.4 Å². The number of hydrogen-bond donors (Lipinski definition) is 2. The number of amides is 1. The van der Waals surface area contributed by atoms with Gasteiger partial charge >= 0.3 is 12.1 Å². The van der Waals surface area contributed by atoms with Crippen molar-refractivity contribution in [1.29, 1.82) is 0 Å². The van der Waals surface area contributed by atoms with Gasteiger partial charge < -0.3 is 24.8 Å². The van der Waals surface area contributed by atoms with E-state index in [1.54, 1.807) is 24.5 Å². The van der Waals surface area contributed by atoms with Crippen molar-refractivity contribution in [2.45, 2.75) is 32.4 Å². The molecular weight excluding hydrogens is 484 g/mol. The van der Waals surface area contributed by atoms with Crippen LogP contribution in [-0.4, -0.2) is 54.9 Å². The van der Waals surface area contributed by atoms with E-state index in [1.165, 1.54) is 7.11 Å². The highest BCUT2D eigenvalue weighted by atomic mass is 16.5. The average Bonchev–Trinajstić information content (AvgIpc) is 2.95. The second-order valence-corrected chi connectivity index (χ2v) is 8.92. The lowest BCUT2D eigenvalue weighted by Crippen LogP contribution is -2.25. The summed E-state index contributed by atoms with van der Waals surface area (Å²) in [6, 6.07) is 16.8. The number of pyridine rings is 2. The van der Waals surface area contributed by atoms with Crippen molar-refractivity contribution in [3.05, 3.63) is 78.1 Å². The van der Waals surface area contributed by atoms with Crippen molar-refractivity contribution >= 4 is 39.6 Å². The number of ether oxygens (including phenoxy) is 3. The van der Waals surface area contributed by atoms with E-state index in [1.807, 2.05) is 49.4 Å². The first kappa shape index (κ1) is 26.8. The smallest absolute Gasteiger partial charge is 0.407 e. The van der Waals surface area contributed by atoms with E-state index < -0.39 is 12.1 Å². The molecule has 0 aliphatic rings. The molecule has 2 aromatic carbocycles. The van der Waals surface area contributed by atoms with Crippen LogP contribution in [0.1, 0.15) is 35.7 Å². The lowest BCUT2D eigenvalue weighted by molar-refractivity contribution is 0.0601. The van der Waals surface area contributed by atoms with Crippen LogP contribution in [-0.2, 0) is 20.8 Å². The standard InChI is InChI=1S/C29H32N4O5/c1-20(18-37-15-7-6-13-31-29(35)38-19-21-8-4-3-5-9-21)32-27-24-12-14-30-17-25(24)23-11-10-22(28(34)36-2)16-26(23)33-27/h3-5,8-12,14,16-17,20H,6-7,13,15,18-19H2,1-2H3,(H,31,35)(H,32,33)/t20-/m0/s1. The van der Waals surface area contributed by atoms with E-state index in [9.17, 15) is 9.59 Å². The van der Waals surface area contributed by atoms with Crippen LogP contribution in [0.15, 0.2) is 67.0 Å². The molecule has 9 nitrogen and oxygen atoms in total. The molecule has 1 amide bonds. The predicted octanol–water partition coefficient (Wildman–Crippen LogP) is 5.09. The van der Waals surface area contributed by atoms with E-state index in [4.69, 9.17) is 19.2 Å². The Morgan fingerprint density at radius 2 is 1.84 bits per heavy atom. The molecule has 9 heteroatoms. The molecule has 0 saturated carbocycles. The van der Waals surface area contributed by atoms with Crippen LogP contribution < -0.4 is 10.6 Å². The molecule has 0 fully saturated rings. The number of alkyl carbamates (subject to hydrolysis) is 1. The fourth-order valence-corrected chi connectivity index (χ4v) is 4.03. The highest BCUT2D eigenvalue weighted by Gasteiger charge is 2.14. The van der Waals surface area contributed by atoms with E-state index >= 15 is 0 Å². The number of nitrogens with zero attached hydrogens (tertiary/aromatic N) is 2. The van der Waals surface area contributed by atoms with Gasteiger partial charge in [0.15, 0.2) is 0 Å². The first-order chi connectivity index (χ1) is 18.5. The highest BCUT2D eigenvalue weighted by molar-refractivity contribution is 6.10. The minimum Gasteiger partial charge on any atom is -0.465 e. The summed E-state index contributed by atoms with van der Waals surface area (Å²) in [6.07, 6.45) is 4.71. The van der Waals surface area contributed by atoms with Crippen LogP contribution in [0, 0.1) is 0 Å². The van der Waals surface area contributed by atoms with Crippen LogP contribution in [0.5, 0.6) is 0 Å². The van der Waals surface area contributed by atoms with Crippen molar-refractivity contribution < 1.29 is 23.8 Å². The zero-order valence-corrected chi connectivity index (χ0v) is 21.6. The number of anilines is 1. The average molecular weight is 517 g/mol. The summed E-state index contributed by atoms with van der Waals surface area (Å²) in [5.41, 5.74) is 2.07. The molecule has 4 rings (SSSR count). The number of carbonyl (C=O) groups is 2. The summed E-state index contributed by atoms with van der Waals surface area (Å²) >= 11 is 0. The van der Waals surface area contributed by atoms with Gasteiger partial charge in [-0.2, -0.15) is 0 Å². The number of methoxy groups -OCH3 is 1. The summed E-state index contributed by atoms with van der Waals surface area (Å²) < 4.78 is 15.9. The Morgan fingerprint density at radius 3 is 2.66 bits per heavy atom. The number of carbonyl (C=O) groups excluding carboxylic acids is 2. The van der Waals surface area contributed by atoms with Crippen molar-refractivity contribution in [3.63, 3.8) is 0 Å². The van der Waals surface area contributed by atoms with Crippen molar-refractivity contribution in [1.82, 2.24) is 15.3 Å². The molecule has 0 aliphatic heterocycles. The fourth-order valence-electron chi connectivity index (χ4n) is 4.03. The maximum Gasteiger partial charge on any atom is 0.407 e. The summed E-state index contributed by atoms with van der Waals surface area (Å²) in [5.74, 6) is 0.293. The van der Waals surface area contributed by atoms with Crippen molar-refractivity contribution in [2.75, 3.05) is 32.2 Å². The quantitative estimate of drug-likeness (QED) is 0.152. The third kappa shape index (κ3) is 7.17. The number of nitrogens with one attached hydrogen (secondary N) is 2. The fraction of sp³-hybridized carbons (Fsp3) is 0.310. The predicted molar refractivity (Wildman–Crippen MR) is 146 cm³/mol. The number of fused-ring (bicyclic) bond motifs is 3. The molecule has 4 aromatic rings. The third-order valence-corrected chi connectivity index (χ3v) is 5.97. The number of aromatic nitrogens is 2. The van der Waals surface area contributed by atoms with Gasteiger partial charge in [-0.3, -0.25) is 4.98 Å². The number of benzene rings is 2. The number of unbranched alkanes of at least 4 members (excludes halogenated alkanes) is 1. The normalized spacial score (nSPS) is 11.7. The summed E-state index contributed by atoms with van der Waals surface area (Å²) in [6.45, 7) is 3.87. The Bertz CT molecular complexity index is 1380. The van der Waals surface area contributed by atoms with E-state index in [0.29, 0.717) is 36.7 Å². The van der Waals surface area contributed by atoms with Crippen LogP contribution in [0.4, 0.5) is 10.6 Å². The molecule has 0 bridgehead atoms. The van der Waals surface area contributed by atoms with Crippen LogP contribution in [0.2, 0.25) is 0 Å². The molecule has 0 aliphatic carbocycles. The maximum atomic E-state index is 12.0. The van der Waals surface area contributed by atoms with Crippen molar-refractivity contribution in [3.8, 4) is 0 Å². The van der Waals surface area contributed by atoms with E-state index in [0.717, 1.165) is 34.6 Å². The molecule has 0 unspecified atom stereocenters. The Balaban J connectivity index is 1.22. The summed E-state index contributed by atoms with van der Waals surface area (Å²) in [7, 11) is 1.36. The first-order valence-corrected chi connectivity index (χ1v) is 12.6. The van der Waals surface area contributed by atoms with Gasteiger partial charge in [-0.05, 0) is 43.5 Å². The Morgan fingerprint density at radius 1 is 1.00 bits per heavy atom. The van der Waals surface area contributed by atoms with Gasteiger partial charge in [-0.25, -0.2) is 14.6 Å². The second kappa shape index (κ2) is 13.3. The van der Waals surface area contributed by atoms with Crippen LogP contribution in [0.25, 0.3) is 21.7 Å². The largest absolute Gasteiger partial charge is 0.465 e.